The summed E-state index contributed by atoms with van der Waals surface area (Å²) in [4.78, 5) is 29.5. The van der Waals surface area contributed by atoms with Gasteiger partial charge in [-0.15, -0.1) is 0 Å². The molecule has 1 heterocycles. The van der Waals surface area contributed by atoms with Gasteiger partial charge in [0, 0.05) is 30.0 Å². The Morgan fingerprint density at radius 1 is 0.894 bits per heavy atom. The van der Waals surface area contributed by atoms with Gasteiger partial charge in [-0.2, -0.15) is 0 Å². The molecule has 0 saturated heterocycles. The summed E-state index contributed by atoms with van der Waals surface area (Å²) < 4.78 is 55.5. The van der Waals surface area contributed by atoms with Gasteiger partial charge in [0.15, 0.2) is 11.5 Å². The van der Waals surface area contributed by atoms with E-state index in [1.807, 2.05) is 61.5 Å². The zero-order valence-electron chi connectivity index (χ0n) is 25.8. The molecule has 0 bridgehead atoms. The summed E-state index contributed by atoms with van der Waals surface area (Å²) >= 11 is 3.43. The van der Waals surface area contributed by atoms with E-state index in [4.69, 9.17) is 9.47 Å². The second kappa shape index (κ2) is 15.4. The number of carbonyl (C=O) groups excluding carboxylic acids is 2. The third-order valence-corrected chi connectivity index (χ3v) is 9.88. The van der Waals surface area contributed by atoms with Gasteiger partial charge in [-0.05, 0) is 66.1 Å². The van der Waals surface area contributed by atoms with E-state index < -0.39 is 34.3 Å². The van der Waals surface area contributed by atoms with Crippen LogP contribution in [0.15, 0.2) is 106 Å². The first kappa shape index (κ1) is 33.9. The molecule has 0 aliphatic carbocycles. The Morgan fingerprint density at radius 2 is 1.57 bits per heavy atom. The molecule has 1 unspecified atom stereocenters. The molecule has 1 aliphatic rings. The lowest BCUT2D eigenvalue weighted by atomic mass is 10.0. The fourth-order valence-electron chi connectivity index (χ4n) is 5.15. The second-order valence-electron chi connectivity index (χ2n) is 10.9. The minimum atomic E-state index is -4.41. The maximum atomic E-state index is 14.5. The van der Waals surface area contributed by atoms with Gasteiger partial charge in [0.1, 0.15) is 31.6 Å². The van der Waals surface area contributed by atoms with E-state index >= 15 is 0 Å². The van der Waals surface area contributed by atoms with Crippen LogP contribution in [0.2, 0.25) is 0 Å². The lowest BCUT2D eigenvalue weighted by Crippen LogP contribution is -2.53. The Balaban J connectivity index is 1.56. The fourth-order valence-corrected chi connectivity index (χ4v) is 6.85. The summed E-state index contributed by atoms with van der Waals surface area (Å²) in [5.41, 5.74) is 1.65. The van der Waals surface area contributed by atoms with Crippen molar-refractivity contribution in [2.45, 2.75) is 37.2 Å². The Bertz CT molecular complexity index is 1790. The number of halogens is 2. The normalized spacial score (nSPS) is 13.0. The number of amides is 2. The van der Waals surface area contributed by atoms with Crippen LogP contribution in [0.3, 0.4) is 0 Å². The molecular formula is C35H35BrFN3O6S. The average molecular weight is 725 g/mol. The monoisotopic (exact) mass is 723 g/mol. The van der Waals surface area contributed by atoms with Crippen molar-refractivity contribution in [2.24, 2.45) is 0 Å². The Hall–Kier alpha value is -4.42. The van der Waals surface area contributed by atoms with Crippen molar-refractivity contribution in [3.8, 4) is 11.5 Å². The lowest BCUT2D eigenvalue weighted by Gasteiger charge is -2.34. The van der Waals surface area contributed by atoms with Crippen LogP contribution >= 0.6 is 15.9 Å². The Labute approximate surface area is 282 Å². The summed E-state index contributed by atoms with van der Waals surface area (Å²) in [5.74, 6) is -0.878. The first-order chi connectivity index (χ1) is 22.7. The molecule has 2 amide bonds. The van der Waals surface area contributed by atoms with Crippen molar-refractivity contribution >= 4 is 43.5 Å². The summed E-state index contributed by atoms with van der Waals surface area (Å²) in [6, 6.07) is 24.8. The molecule has 246 valence electrons. The summed E-state index contributed by atoms with van der Waals surface area (Å²) in [6.07, 6.45) is 0.890. The largest absolute Gasteiger partial charge is 0.486 e. The maximum absolute atomic E-state index is 14.5. The number of hydrogen-bond donors (Lipinski definition) is 1. The predicted molar refractivity (Wildman–Crippen MR) is 180 cm³/mol. The smallest absolute Gasteiger partial charge is 0.264 e. The molecule has 0 fully saturated rings. The number of carbonyl (C=O) groups is 2. The van der Waals surface area contributed by atoms with Crippen molar-refractivity contribution in [3.05, 3.63) is 118 Å². The van der Waals surface area contributed by atoms with E-state index in [1.165, 1.54) is 35.2 Å². The van der Waals surface area contributed by atoms with E-state index in [0.717, 1.165) is 32.0 Å². The van der Waals surface area contributed by atoms with Crippen LogP contribution in [-0.4, -0.2) is 57.5 Å². The highest BCUT2D eigenvalue weighted by molar-refractivity contribution is 9.10. The van der Waals surface area contributed by atoms with Crippen molar-refractivity contribution in [2.75, 3.05) is 30.6 Å². The van der Waals surface area contributed by atoms with Gasteiger partial charge in [0.25, 0.3) is 10.0 Å². The standard InChI is InChI=1S/C35H35BrFN3O6S/c1-2-18-38-35(42)31(21-25-6-4-3-5-7-25)39(23-26-8-10-27(36)11-9-26)34(41)24-40(29-14-12-28(37)13-15-29)47(43,44)30-16-17-32-33(22-30)46-20-19-45-32/h3-17,22,31H,2,18-21,23-24H2,1H3,(H,38,42). The molecule has 1 N–H and O–H groups in total. The third kappa shape index (κ3) is 8.49. The topological polar surface area (TPSA) is 105 Å². The van der Waals surface area contributed by atoms with Crippen LogP contribution in [0.4, 0.5) is 10.1 Å². The second-order valence-corrected chi connectivity index (χ2v) is 13.7. The quantitative estimate of drug-likeness (QED) is 0.189. The minimum Gasteiger partial charge on any atom is -0.486 e. The molecular weight excluding hydrogens is 689 g/mol. The summed E-state index contributed by atoms with van der Waals surface area (Å²) in [7, 11) is -4.41. The van der Waals surface area contributed by atoms with Gasteiger partial charge in [-0.1, -0.05) is 65.3 Å². The molecule has 12 heteroatoms. The average Bonchev–Trinajstić information content (AvgIpc) is 3.09. The van der Waals surface area contributed by atoms with Crippen molar-refractivity contribution in [1.82, 2.24) is 10.2 Å². The highest BCUT2D eigenvalue weighted by Gasteiger charge is 2.35. The fraction of sp³-hybridized carbons (Fsp3) is 0.257. The Morgan fingerprint density at radius 3 is 2.26 bits per heavy atom. The van der Waals surface area contributed by atoms with Gasteiger partial charge in [-0.25, -0.2) is 12.8 Å². The van der Waals surface area contributed by atoms with Crippen molar-refractivity contribution in [1.29, 1.82) is 0 Å². The van der Waals surface area contributed by atoms with Gasteiger partial charge in [0.2, 0.25) is 11.8 Å². The molecule has 4 aromatic carbocycles. The molecule has 47 heavy (non-hydrogen) atoms. The van der Waals surface area contributed by atoms with E-state index in [0.29, 0.717) is 25.3 Å². The Kier molecular flexibility index (Phi) is 11.2. The highest BCUT2D eigenvalue weighted by atomic mass is 79.9. The zero-order chi connectivity index (χ0) is 33.4. The number of nitrogens with one attached hydrogen (secondary N) is 1. The number of fused-ring (bicyclic) bond motifs is 1. The van der Waals surface area contributed by atoms with E-state index in [9.17, 15) is 22.4 Å². The number of nitrogens with zero attached hydrogens (tertiary/aromatic N) is 2. The van der Waals surface area contributed by atoms with Crippen LogP contribution < -0.4 is 19.1 Å². The van der Waals surface area contributed by atoms with Crippen molar-refractivity contribution < 1.29 is 31.9 Å². The van der Waals surface area contributed by atoms with Gasteiger partial charge < -0.3 is 19.7 Å². The first-order valence-electron chi connectivity index (χ1n) is 15.2. The predicted octanol–water partition coefficient (Wildman–Crippen LogP) is 5.72. The first-order valence-corrected chi connectivity index (χ1v) is 17.4. The molecule has 0 aromatic heterocycles. The summed E-state index contributed by atoms with van der Waals surface area (Å²) in [6.45, 7) is 2.30. The lowest BCUT2D eigenvalue weighted by molar-refractivity contribution is -0.140. The number of hydrogen-bond acceptors (Lipinski definition) is 6. The van der Waals surface area contributed by atoms with Crippen molar-refractivity contribution in [3.63, 3.8) is 0 Å². The summed E-state index contributed by atoms with van der Waals surface area (Å²) in [5, 5.41) is 2.92. The molecule has 1 aliphatic heterocycles. The van der Waals surface area contributed by atoms with E-state index in [1.54, 1.807) is 0 Å². The number of ether oxygens (including phenoxy) is 2. The minimum absolute atomic E-state index is 0.0322. The molecule has 0 saturated carbocycles. The van der Waals surface area contributed by atoms with E-state index in [2.05, 4.69) is 21.2 Å². The number of sulfonamides is 1. The molecule has 0 spiro atoms. The number of anilines is 1. The van der Waals surface area contributed by atoms with Crippen LogP contribution in [0.25, 0.3) is 0 Å². The van der Waals surface area contributed by atoms with Crippen LogP contribution in [-0.2, 0) is 32.6 Å². The molecule has 1 atom stereocenters. The SMILES string of the molecule is CCCNC(=O)C(Cc1ccccc1)N(Cc1ccc(Br)cc1)C(=O)CN(c1ccc(F)cc1)S(=O)(=O)c1ccc2c(c1)OCCO2. The maximum Gasteiger partial charge on any atom is 0.264 e. The van der Waals surface area contributed by atoms with Gasteiger partial charge in [0.05, 0.1) is 10.6 Å². The van der Waals surface area contributed by atoms with E-state index in [-0.39, 0.29) is 41.8 Å². The zero-order valence-corrected chi connectivity index (χ0v) is 28.2. The third-order valence-electron chi connectivity index (χ3n) is 7.58. The van der Waals surface area contributed by atoms with Crippen LogP contribution in [0, 0.1) is 5.82 Å². The number of rotatable bonds is 13. The molecule has 5 rings (SSSR count). The molecule has 4 aromatic rings. The van der Waals surface area contributed by atoms with Crippen LogP contribution in [0.5, 0.6) is 11.5 Å². The van der Waals surface area contributed by atoms with Gasteiger partial charge >= 0.3 is 0 Å². The number of benzene rings is 4. The van der Waals surface area contributed by atoms with Crippen LogP contribution in [0.1, 0.15) is 24.5 Å². The van der Waals surface area contributed by atoms with Gasteiger partial charge in [-0.3, -0.25) is 13.9 Å². The highest BCUT2D eigenvalue weighted by Crippen LogP contribution is 2.34. The molecule has 9 nitrogen and oxygen atoms in total. The molecule has 0 radical (unpaired) electrons.